The molecule has 0 fully saturated rings. The number of non-ortho nitro benzene ring substituents is 1. The third kappa shape index (κ3) is 3.82. The maximum Gasteiger partial charge on any atom is 0.358 e. The number of hydrogen-bond acceptors (Lipinski definition) is 6. The van der Waals surface area contributed by atoms with Crippen molar-refractivity contribution in [3.63, 3.8) is 0 Å². The highest BCUT2D eigenvalue weighted by Crippen LogP contribution is 2.34. The first-order chi connectivity index (χ1) is 10.8. The van der Waals surface area contributed by atoms with E-state index in [1.54, 1.807) is 0 Å². The average Bonchev–Trinajstić information content (AvgIpc) is 2.54. The normalized spacial score (nSPS) is 10.4. The van der Waals surface area contributed by atoms with Crippen molar-refractivity contribution >= 4 is 52.1 Å². The first kappa shape index (κ1) is 17.3. The molecule has 0 atom stereocenters. The van der Waals surface area contributed by atoms with Crippen molar-refractivity contribution in [3.05, 3.63) is 60.8 Å². The quantitative estimate of drug-likeness (QED) is 0.375. The fourth-order valence-corrected chi connectivity index (χ4v) is 2.18. The smallest absolute Gasteiger partial charge is 0.358 e. The largest absolute Gasteiger partial charge is 0.456 e. The molecule has 0 aliphatic carbocycles. The molecule has 0 radical (unpaired) electrons. The molecule has 0 aliphatic heterocycles. The number of pyridine rings is 1. The monoisotopic (exact) mass is 375 g/mol. The molecule has 1 aromatic carbocycles. The van der Waals surface area contributed by atoms with Crippen LogP contribution in [-0.2, 0) is 11.3 Å². The number of carbonyl (C=O) groups excluding carboxylic acids is 1. The van der Waals surface area contributed by atoms with Crippen molar-refractivity contribution in [2.75, 3.05) is 5.73 Å². The molecule has 2 aromatic rings. The van der Waals surface area contributed by atoms with Crippen LogP contribution in [0.1, 0.15) is 16.1 Å². The van der Waals surface area contributed by atoms with Crippen LogP contribution in [0.25, 0.3) is 0 Å². The van der Waals surface area contributed by atoms with Crippen molar-refractivity contribution in [1.29, 1.82) is 0 Å². The van der Waals surface area contributed by atoms with E-state index in [4.69, 9.17) is 45.3 Å². The van der Waals surface area contributed by atoms with E-state index in [0.29, 0.717) is 5.56 Å². The lowest BCUT2D eigenvalue weighted by atomic mass is 10.2. The molecule has 0 saturated heterocycles. The van der Waals surface area contributed by atoms with Gasteiger partial charge < -0.3 is 10.5 Å². The predicted molar refractivity (Wildman–Crippen MR) is 85.9 cm³/mol. The molecule has 23 heavy (non-hydrogen) atoms. The van der Waals surface area contributed by atoms with Crippen LogP contribution in [0.5, 0.6) is 0 Å². The summed E-state index contributed by atoms with van der Waals surface area (Å²) in [5, 5.41) is 10.2. The van der Waals surface area contributed by atoms with Gasteiger partial charge >= 0.3 is 5.97 Å². The van der Waals surface area contributed by atoms with Crippen molar-refractivity contribution in [2.45, 2.75) is 6.61 Å². The third-order valence-electron chi connectivity index (χ3n) is 2.78. The van der Waals surface area contributed by atoms with Gasteiger partial charge in [-0.05, 0) is 17.7 Å². The minimum Gasteiger partial charge on any atom is -0.456 e. The highest BCUT2D eigenvalue weighted by molar-refractivity contribution is 6.46. The summed E-state index contributed by atoms with van der Waals surface area (Å²) < 4.78 is 5.03. The average molecular weight is 377 g/mol. The molecule has 10 heteroatoms. The van der Waals surface area contributed by atoms with Gasteiger partial charge in [0.1, 0.15) is 11.6 Å². The number of esters is 1. The van der Waals surface area contributed by atoms with Gasteiger partial charge in [0.2, 0.25) is 0 Å². The van der Waals surface area contributed by atoms with Gasteiger partial charge in [0.25, 0.3) is 5.69 Å². The Morgan fingerprint density at radius 2 is 1.83 bits per heavy atom. The van der Waals surface area contributed by atoms with Crippen LogP contribution in [0, 0.1) is 10.1 Å². The number of nitro groups is 1. The van der Waals surface area contributed by atoms with E-state index < -0.39 is 10.9 Å². The number of rotatable bonds is 4. The topological polar surface area (TPSA) is 108 Å². The van der Waals surface area contributed by atoms with Crippen LogP contribution in [0.2, 0.25) is 15.2 Å². The van der Waals surface area contributed by atoms with Crippen molar-refractivity contribution < 1.29 is 14.5 Å². The number of halogens is 3. The molecular formula is C13H8Cl3N3O4. The number of carbonyl (C=O) groups is 1. The second-order valence-corrected chi connectivity index (χ2v) is 5.41. The zero-order chi connectivity index (χ0) is 17.1. The standard InChI is InChI=1S/C13H8Cl3N3O4/c14-8-10(17)9(15)12(16)18-11(8)13(20)23-5-6-1-3-7(4-2-6)19(21)22/h1-4H,5H2,(H2,17,18). The zero-order valence-electron chi connectivity index (χ0n) is 11.3. The number of hydrogen-bond donors (Lipinski definition) is 1. The second-order valence-electron chi connectivity index (χ2n) is 4.29. The van der Waals surface area contributed by atoms with Gasteiger partial charge in [-0.25, -0.2) is 9.78 Å². The Kier molecular flexibility index (Phi) is 5.25. The Morgan fingerprint density at radius 1 is 1.22 bits per heavy atom. The van der Waals surface area contributed by atoms with Gasteiger partial charge in [-0.1, -0.05) is 34.8 Å². The molecule has 2 N–H and O–H groups in total. The highest BCUT2D eigenvalue weighted by atomic mass is 35.5. The number of anilines is 1. The minimum atomic E-state index is -0.849. The Morgan fingerprint density at radius 3 is 2.39 bits per heavy atom. The fourth-order valence-electron chi connectivity index (χ4n) is 1.60. The maximum atomic E-state index is 12.0. The van der Waals surface area contributed by atoms with Gasteiger partial charge in [0.15, 0.2) is 10.8 Å². The van der Waals surface area contributed by atoms with E-state index in [0.717, 1.165) is 0 Å². The summed E-state index contributed by atoms with van der Waals surface area (Å²) in [4.78, 5) is 25.8. The summed E-state index contributed by atoms with van der Waals surface area (Å²) >= 11 is 17.4. The summed E-state index contributed by atoms with van der Waals surface area (Å²) in [7, 11) is 0. The lowest BCUT2D eigenvalue weighted by Crippen LogP contribution is -2.10. The number of benzene rings is 1. The molecular weight excluding hydrogens is 369 g/mol. The molecule has 0 spiro atoms. The molecule has 0 saturated carbocycles. The van der Waals surface area contributed by atoms with Crippen LogP contribution in [-0.4, -0.2) is 15.9 Å². The van der Waals surface area contributed by atoms with Gasteiger partial charge in [0.05, 0.1) is 15.6 Å². The van der Waals surface area contributed by atoms with Crippen LogP contribution in [0.4, 0.5) is 11.4 Å². The first-order valence-electron chi connectivity index (χ1n) is 6.01. The summed E-state index contributed by atoms with van der Waals surface area (Å²) in [6, 6.07) is 5.52. The molecule has 0 amide bonds. The van der Waals surface area contributed by atoms with E-state index in [2.05, 4.69) is 4.98 Å². The Labute approximate surface area is 145 Å². The van der Waals surface area contributed by atoms with Gasteiger partial charge in [-0.2, -0.15) is 0 Å². The summed E-state index contributed by atoms with van der Waals surface area (Å²) in [5.74, 6) is -0.849. The van der Waals surface area contributed by atoms with Crippen LogP contribution < -0.4 is 5.73 Å². The molecule has 0 aliphatic rings. The first-order valence-corrected chi connectivity index (χ1v) is 7.15. The van der Waals surface area contributed by atoms with E-state index >= 15 is 0 Å². The summed E-state index contributed by atoms with van der Waals surface area (Å²) in [6.45, 7) is -0.130. The second kappa shape index (κ2) is 6.99. The number of aromatic nitrogens is 1. The van der Waals surface area contributed by atoms with E-state index in [1.807, 2.05) is 0 Å². The SMILES string of the molecule is Nc1c(Cl)c(Cl)nc(C(=O)OCc2ccc([N+](=O)[O-])cc2)c1Cl. The fraction of sp³-hybridized carbons (Fsp3) is 0.0769. The molecule has 1 aromatic heterocycles. The number of ether oxygens (including phenoxy) is 1. The van der Waals surface area contributed by atoms with Gasteiger partial charge in [-0.15, -0.1) is 0 Å². The van der Waals surface area contributed by atoms with Crippen LogP contribution >= 0.6 is 34.8 Å². The highest BCUT2D eigenvalue weighted by Gasteiger charge is 2.21. The van der Waals surface area contributed by atoms with E-state index in [-0.39, 0.29) is 38.9 Å². The molecule has 0 unspecified atom stereocenters. The molecule has 0 bridgehead atoms. The maximum absolute atomic E-state index is 12.0. The third-order valence-corrected chi connectivity index (χ3v) is 3.92. The van der Waals surface area contributed by atoms with E-state index in [1.165, 1.54) is 24.3 Å². The number of nitrogens with two attached hydrogens (primary N) is 1. The van der Waals surface area contributed by atoms with Crippen molar-refractivity contribution in [2.24, 2.45) is 0 Å². The summed E-state index contributed by atoms with van der Waals surface area (Å²) in [5.41, 5.74) is 5.76. The molecule has 7 nitrogen and oxygen atoms in total. The lowest BCUT2D eigenvalue weighted by molar-refractivity contribution is -0.384. The van der Waals surface area contributed by atoms with E-state index in [9.17, 15) is 14.9 Å². The van der Waals surface area contributed by atoms with Crippen LogP contribution in [0.3, 0.4) is 0 Å². The number of nitro benzene ring substituents is 1. The van der Waals surface area contributed by atoms with Crippen molar-refractivity contribution in [1.82, 2.24) is 4.98 Å². The summed E-state index contributed by atoms with van der Waals surface area (Å²) in [6.07, 6.45) is 0. The molecule has 2 rings (SSSR count). The zero-order valence-corrected chi connectivity index (χ0v) is 13.5. The van der Waals surface area contributed by atoms with Crippen LogP contribution in [0.15, 0.2) is 24.3 Å². The predicted octanol–water partition coefficient (Wildman–Crippen LogP) is 3.89. The minimum absolute atomic E-state index is 0.0522. The Bertz CT molecular complexity index is 781. The lowest BCUT2D eigenvalue weighted by Gasteiger charge is -2.09. The van der Waals surface area contributed by atoms with Gasteiger partial charge in [-0.3, -0.25) is 10.1 Å². The van der Waals surface area contributed by atoms with Crippen molar-refractivity contribution in [3.8, 4) is 0 Å². The molecule has 120 valence electrons. The molecule has 1 heterocycles. The Hall–Kier alpha value is -2.09. The Balaban J connectivity index is 2.12. The number of nitrogens with zero attached hydrogens (tertiary/aromatic N) is 2. The van der Waals surface area contributed by atoms with Gasteiger partial charge in [0, 0.05) is 12.1 Å². The number of nitrogen functional groups attached to an aromatic ring is 1.